The summed E-state index contributed by atoms with van der Waals surface area (Å²) in [4.78, 5) is 0. The van der Waals surface area contributed by atoms with Gasteiger partial charge >= 0.3 is 0 Å². The van der Waals surface area contributed by atoms with Crippen molar-refractivity contribution in [2.45, 2.75) is 13.3 Å². The fraction of sp³-hybridized carbons (Fsp3) is 0.455. The molecule has 16 heavy (non-hydrogen) atoms. The van der Waals surface area contributed by atoms with E-state index in [1.807, 2.05) is 37.3 Å². The Hall–Kier alpha value is -1.07. The third-order valence-electron chi connectivity index (χ3n) is 1.91. The van der Waals surface area contributed by atoms with Crippen molar-refractivity contribution in [3.05, 3.63) is 30.3 Å². The first-order valence-electron chi connectivity index (χ1n) is 5.29. The van der Waals surface area contributed by atoms with Crippen LogP contribution in [0.2, 0.25) is 0 Å². The van der Waals surface area contributed by atoms with Crippen LogP contribution < -0.4 is 9.46 Å². The Kier molecular flexibility index (Phi) is 5.28. The molecule has 0 heterocycles. The second kappa shape index (κ2) is 6.50. The van der Waals surface area contributed by atoms with Crippen molar-refractivity contribution in [1.29, 1.82) is 0 Å². The molecule has 0 aliphatic heterocycles. The van der Waals surface area contributed by atoms with E-state index in [4.69, 9.17) is 4.74 Å². The summed E-state index contributed by atoms with van der Waals surface area (Å²) >= 11 is 0. The lowest BCUT2D eigenvalue weighted by molar-refractivity contribution is 0.323. The lowest BCUT2D eigenvalue weighted by atomic mass is 10.3. The van der Waals surface area contributed by atoms with Crippen LogP contribution in [0.4, 0.5) is 0 Å². The van der Waals surface area contributed by atoms with Gasteiger partial charge in [0.25, 0.3) is 0 Å². The van der Waals surface area contributed by atoms with Crippen LogP contribution in [0, 0.1) is 0 Å². The molecule has 5 heteroatoms. The molecule has 0 radical (unpaired) electrons. The first-order chi connectivity index (χ1) is 7.64. The van der Waals surface area contributed by atoms with E-state index in [2.05, 4.69) is 4.72 Å². The van der Waals surface area contributed by atoms with E-state index in [0.29, 0.717) is 19.6 Å². The van der Waals surface area contributed by atoms with E-state index < -0.39 is 10.0 Å². The molecule has 0 saturated carbocycles. The minimum atomic E-state index is -3.12. The summed E-state index contributed by atoms with van der Waals surface area (Å²) in [5.41, 5.74) is 0. The van der Waals surface area contributed by atoms with Gasteiger partial charge in [-0.25, -0.2) is 13.1 Å². The highest BCUT2D eigenvalue weighted by molar-refractivity contribution is 7.89. The van der Waals surface area contributed by atoms with Crippen molar-refractivity contribution in [2.24, 2.45) is 0 Å². The van der Waals surface area contributed by atoms with Gasteiger partial charge in [0.1, 0.15) is 12.4 Å². The summed E-state index contributed by atoms with van der Waals surface area (Å²) in [5.74, 6) is 0.912. The molecular formula is C11H17NO3S. The molecule has 1 rings (SSSR count). The quantitative estimate of drug-likeness (QED) is 0.736. The highest BCUT2D eigenvalue weighted by Crippen LogP contribution is 2.07. The molecule has 1 aromatic carbocycles. The summed E-state index contributed by atoms with van der Waals surface area (Å²) < 4.78 is 30.4. The molecule has 0 bridgehead atoms. The Morgan fingerprint density at radius 3 is 2.56 bits per heavy atom. The summed E-state index contributed by atoms with van der Waals surface area (Å²) in [6.45, 7) is 2.48. The fourth-order valence-electron chi connectivity index (χ4n) is 1.22. The monoisotopic (exact) mass is 243 g/mol. The molecular weight excluding hydrogens is 226 g/mol. The van der Waals surface area contributed by atoms with Crippen molar-refractivity contribution in [3.63, 3.8) is 0 Å². The molecule has 0 unspecified atom stereocenters. The van der Waals surface area contributed by atoms with Crippen molar-refractivity contribution < 1.29 is 13.2 Å². The van der Waals surface area contributed by atoms with Gasteiger partial charge in [0, 0.05) is 6.54 Å². The molecule has 0 saturated heterocycles. The Balaban J connectivity index is 2.22. The highest BCUT2D eigenvalue weighted by atomic mass is 32.2. The minimum Gasteiger partial charge on any atom is -0.492 e. The number of hydrogen-bond acceptors (Lipinski definition) is 3. The zero-order chi connectivity index (χ0) is 11.9. The summed E-state index contributed by atoms with van der Waals surface area (Å²) in [5, 5.41) is 0. The second-order valence-corrected chi connectivity index (χ2v) is 5.30. The van der Waals surface area contributed by atoms with Gasteiger partial charge < -0.3 is 4.74 Å². The average Bonchev–Trinajstić information content (AvgIpc) is 2.26. The molecule has 0 aliphatic carbocycles. The van der Waals surface area contributed by atoms with Crippen LogP contribution in [0.1, 0.15) is 13.3 Å². The van der Waals surface area contributed by atoms with Gasteiger partial charge in [-0.05, 0) is 18.6 Å². The fourth-order valence-corrected chi connectivity index (χ4v) is 2.30. The Bertz CT molecular complexity index is 389. The van der Waals surface area contributed by atoms with E-state index in [9.17, 15) is 8.42 Å². The van der Waals surface area contributed by atoms with Gasteiger partial charge in [-0.1, -0.05) is 25.1 Å². The molecule has 90 valence electrons. The maximum atomic E-state index is 11.3. The standard InChI is InChI=1S/C11H17NO3S/c1-2-10-16(13,14)12-8-9-15-11-6-4-3-5-7-11/h3-7,12H,2,8-10H2,1H3. The van der Waals surface area contributed by atoms with E-state index in [0.717, 1.165) is 5.75 Å². The molecule has 0 aliphatic rings. The zero-order valence-corrected chi connectivity index (χ0v) is 10.2. The molecule has 0 spiro atoms. The zero-order valence-electron chi connectivity index (χ0n) is 9.35. The molecule has 1 aromatic rings. The maximum Gasteiger partial charge on any atom is 0.211 e. The van der Waals surface area contributed by atoms with Crippen LogP contribution in [0.15, 0.2) is 30.3 Å². The van der Waals surface area contributed by atoms with Gasteiger partial charge in [-0.3, -0.25) is 0 Å². The van der Waals surface area contributed by atoms with Crippen LogP contribution in [-0.2, 0) is 10.0 Å². The molecule has 0 atom stereocenters. The van der Waals surface area contributed by atoms with Crippen LogP contribution >= 0.6 is 0 Å². The van der Waals surface area contributed by atoms with E-state index in [-0.39, 0.29) is 5.75 Å². The Morgan fingerprint density at radius 2 is 1.94 bits per heavy atom. The number of sulfonamides is 1. The lowest BCUT2D eigenvalue weighted by Gasteiger charge is -2.07. The van der Waals surface area contributed by atoms with Crippen molar-refractivity contribution >= 4 is 10.0 Å². The second-order valence-electron chi connectivity index (χ2n) is 3.37. The Morgan fingerprint density at radius 1 is 1.25 bits per heavy atom. The molecule has 0 amide bonds. The van der Waals surface area contributed by atoms with Gasteiger partial charge in [0.2, 0.25) is 10.0 Å². The SMILES string of the molecule is CCCS(=O)(=O)NCCOc1ccccc1. The summed E-state index contributed by atoms with van der Waals surface area (Å²) in [6.07, 6.45) is 0.620. The van der Waals surface area contributed by atoms with Crippen molar-refractivity contribution in [2.75, 3.05) is 18.9 Å². The largest absolute Gasteiger partial charge is 0.492 e. The third kappa shape index (κ3) is 5.14. The first kappa shape index (κ1) is 13.0. The number of rotatable bonds is 7. The minimum absolute atomic E-state index is 0.165. The normalized spacial score (nSPS) is 11.3. The van der Waals surface area contributed by atoms with Gasteiger partial charge in [-0.15, -0.1) is 0 Å². The molecule has 4 nitrogen and oxygen atoms in total. The van der Waals surface area contributed by atoms with Crippen LogP contribution in [0.25, 0.3) is 0 Å². The number of para-hydroxylation sites is 1. The van der Waals surface area contributed by atoms with Gasteiger partial charge in [0.05, 0.1) is 5.75 Å². The lowest BCUT2D eigenvalue weighted by Crippen LogP contribution is -2.30. The molecule has 0 fully saturated rings. The number of ether oxygens (including phenoxy) is 1. The van der Waals surface area contributed by atoms with Crippen molar-refractivity contribution in [1.82, 2.24) is 4.72 Å². The first-order valence-corrected chi connectivity index (χ1v) is 6.94. The van der Waals surface area contributed by atoms with Crippen molar-refractivity contribution in [3.8, 4) is 5.75 Å². The van der Waals surface area contributed by atoms with Crippen LogP contribution in [-0.4, -0.2) is 27.3 Å². The van der Waals surface area contributed by atoms with E-state index in [1.54, 1.807) is 0 Å². The van der Waals surface area contributed by atoms with E-state index in [1.165, 1.54) is 0 Å². The Labute approximate surface area is 96.7 Å². The average molecular weight is 243 g/mol. The predicted molar refractivity (Wildman–Crippen MR) is 64.0 cm³/mol. The summed E-state index contributed by atoms with van der Waals surface area (Å²) in [7, 11) is -3.12. The van der Waals surface area contributed by atoms with Crippen LogP contribution in [0.5, 0.6) is 5.75 Å². The van der Waals surface area contributed by atoms with Gasteiger partial charge in [-0.2, -0.15) is 0 Å². The smallest absolute Gasteiger partial charge is 0.211 e. The van der Waals surface area contributed by atoms with E-state index >= 15 is 0 Å². The number of hydrogen-bond donors (Lipinski definition) is 1. The van der Waals surface area contributed by atoms with Crippen LogP contribution in [0.3, 0.4) is 0 Å². The molecule has 1 N–H and O–H groups in total. The summed E-state index contributed by atoms with van der Waals surface area (Å²) in [6, 6.07) is 9.31. The number of nitrogens with one attached hydrogen (secondary N) is 1. The topological polar surface area (TPSA) is 55.4 Å². The predicted octanol–water partition coefficient (Wildman–Crippen LogP) is 1.39. The third-order valence-corrected chi connectivity index (χ3v) is 3.50. The highest BCUT2D eigenvalue weighted by Gasteiger charge is 2.06. The molecule has 0 aromatic heterocycles. The maximum absolute atomic E-state index is 11.3. The number of benzene rings is 1. The van der Waals surface area contributed by atoms with Gasteiger partial charge in [0.15, 0.2) is 0 Å².